The Morgan fingerprint density at radius 3 is 0.592 bits per heavy atom. The smallest absolute Gasteiger partial charge is 0.241 e. The number of unbranched alkanes of at least 4 members (excludes halogenated alkanes) is 34. The van der Waals surface area contributed by atoms with E-state index < -0.39 is 0 Å². The van der Waals surface area contributed by atoms with Crippen molar-refractivity contribution in [2.24, 2.45) is 11.5 Å². The van der Waals surface area contributed by atoms with Gasteiger partial charge in [-0.1, -0.05) is 236 Å². The quantitative estimate of drug-likeness (QED) is 0.0383. The number of amides is 2. The highest BCUT2D eigenvalue weighted by Crippen LogP contribution is 2.17. The van der Waals surface area contributed by atoms with E-state index >= 15 is 0 Å². The summed E-state index contributed by atoms with van der Waals surface area (Å²) >= 11 is 0. The molecule has 0 unspecified atom stereocenters. The molecule has 0 fully saturated rings. The summed E-state index contributed by atoms with van der Waals surface area (Å²) in [6, 6.07) is 0. The zero-order valence-electron chi connectivity index (χ0n) is 32.3. The van der Waals surface area contributed by atoms with Crippen LogP contribution in [-0.2, 0) is 9.59 Å². The second-order valence-electron chi connectivity index (χ2n) is 14.6. The maximum Gasteiger partial charge on any atom is 0.241 e. The van der Waals surface area contributed by atoms with Crippen molar-refractivity contribution in [3.05, 3.63) is 48.6 Å². The van der Waals surface area contributed by atoms with Gasteiger partial charge in [-0.05, 0) is 25.7 Å². The van der Waals surface area contributed by atoms with E-state index in [0.29, 0.717) is 0 Å². The standard InChI is InChI=1S/C45H82N2O2/c46-44(48)42-40-38-36-34-32-30-28-26-24-22-20-18-16-14-12-10-8-6-4-2-1-3-5-7-9-11-13-15-17-19-21-23-25-27-29-31-33-35-37-39-41-43-45(47)49/h36-43H,1-35H2,(H2,46,48)(H2,47,49). The first-order valence-corrected chi connectivity index (χ1v) is 21.4. The van der Waals surface area contributed by atoms with E-state index in [-0.39, 0.29) is 11.8 Å². The molecule has 0 spiro atoms. The topological polar surface area (TPSA) is 86.2 Å². The third kappa shape index (κ3) is 45.9. The molecule has 4 N–H and O–H groups in total. The molecule has 0 aliphatic carbocycles. The molecule has 0 aromatic heterocycles. The van der Waals surface area contributed by atoms with Gasteiger partial charge in [-0.25, -0.2) is 0 Å². The van der Waals surface area contributed by atoms with E-state index in [1.54, 1.807) is 12.2 Å². The fourth-order valence-electron chi connectivity index (χ4n) is 6.65. The van der Waals surface area contributed by atoms with Crippen molar-refractivity contribution in [3.63, 3.8) is 0 Å². The summed E-state index contributed by atoms with van der Waals surface area (Å²) in [5.74, 6) is -0.766. The van der Waals surface area contributed by atoms with Crippen LogP contribution in [0.2, 0.25) is 0 Å². The number of carbonyl (C=O) groups excluding carboxylic acids is 2. The van der Waals surface area contributed by atoms with Crippen molar-refractivity contribution < 1.29 is 9.59 Å². The minimum absolute atomic E-state index is 0.383. The third-order valence-corrected chi connectivity index (χ3v) is 9.76. The lowest BCUT2D eigenvalue weighted by atomic mass is 10.0. The Morgan fingerprint density at radius 2 is 0.429 bits per heavy atom. The molecule has 4 heteroatoms. The summed E-state index contributed by atoms with van der Waals surface area (Å²) in [4.78, 5) is 21.2. The summed E-state index contributed by atoms with van der Waals surface area (Å²) in [7, 11) is 0. The first kappa shape index (κ1) is 46.9. The average molecular weight is 683 g/mol. The van der Waals surface area contributed by atoms with Crippen LogP contribution in [0.4, 0.5) is 0 Å². The van der Waals surface area contributed by atoms with Crippen LogP contribution in [0.5, 0.6) is 0 Å². The molecule has 0 aromatic rings. The molecule has 2 amide bonds. The fourth-order valence-corrected chi connectivity index (χ4v) is 6.65. The van der Waals surface area contributed by atoms with Gasteiger partial charge in [-0.15, -0.1) is 0 Å². The Hall–Kier alpha value is -2.10. The van der Waals surface area contributed by atoms with Crippen LogP contribution in [0, 0.1) is 0 Å². The van der Waals surface area contributed by atoms with Gasteiger partial charge in [-0.2, -0.15) is 0 Å². The number of allylic oxidation sites excluding steroid dienone is 6. The van der Waals surface area contributed by atoms with Gasteiger partial charge in [0.25, 0.3) is 0 Å². The molecule has 0 rings (SSSR count). The monoisotopic (exact) mass is 683 g/mol. The van der Waals surface area contributed by atoms with Crippen LogP contribution in [-0.4, -0.2) is 11.8 Å². The number of rotatable bonds is 40. The highest BCUT2D eigenvalue weighted by atomic mass is 16.1. The number of hydrogen-bond donors (Lipinski definition) is 2. The van der Waals surface area contributed by atoms with Gasteiger partial charge in [0.15, 0.2) is 0 Å². The molecule has 4 nitrogen and oxygen atoms in total. The predicted octanol–water partition coefficient (Wildman–Crippen LogP) is 13.8. The Bertz CT molecular complexity index is 747. The van der Waals surface area contributed by atoms with Gasteiger partial charge in [0.1, 0.15) is 0 Å². The van der Waals surface area contributed by atoms with E-state index in [4.69, 9.17) is 11.5 Å². The highest BCUT2D eigenvalue weighted by molar-refractivity contribution is 5.86. The molecule has 0 bridgehead atoms. The Balaban J connectivity index is 3.11. The molecule has 0 heterocycles. The van der Waals surface area contributed by atoms with Gasteiger partial charge >= 0.3 is 0 Å². The van der Waals surface area contributed by atoms with Crippen LogP contribution < -0.4 is 11.5 Å². The van der Waals surface area contributed by atoms with E-state index in [0.717, 1.165) is 12.8 Å². The largest absolute Gasteiger partial charge is 0.366 e. The maximum absolute atomic E-state index is 10.6. The van der Waals surface area contributed by atoms with Gasteiger partial charge in [-0.3, -0.25) is 9.59 Å². The van der Waals surface area contributed by atoms with Crippen LogP contribution in [0.25, 0.3) is 0 Å². The lowest BCUT2D eigenvalue weighted by Gasteiger charge is -2.05. The molecule has 0 saturated heterocycles. The van der Waals surface area contributed by atoms with Gasteiger partial charge < -0.3 is 11.5 Å². The van der Waals surface area contributed by atoms with Crippen molar-refractivity contribution in [1.82, 2.24) is 0 Å². The number of primary amides is 2. The van der Waals surface area contributed by atoms with Crippen molar-refractivity contribution >= 4 is 11.8 Å². The second kappa shape index (κ2) is 42.1. The third-order valence-electron chi connectivity index (χ3n) is 9.76. The average Bonchev–Trinajstić information content (AvgIpc) is 3.08. The molecule has 0 atom stereocenters. The molecule has 0 radical (unpaired) electrons. The first-order valence-electron chi connectivity index (χ1n) is 21.4. The SMILES string of the molecule is NC(=O)C=CC=CCCCCCCCCCCCCCCCCCCCCCCCCCCCCCCCCCCCC=CC=CC(N)=O. The molecule has 0 aliphatic heterocycles. The van der Waals surface area contributed by atoms with E-state index in [2.05, 4.69) is 12.2 Å². The van der Waals surface area contributed by atoms with E-state index in [1.165, 1.54) is 224 Å². The molecule has 0 aromatic carbocycles. The zero-order valence-corrected chi connectivity index (χ0v) is 32.3. The normalized spacial score (nSPS) is 12.1. The molecule has 0 aliphatic rings. The molecule has 49 heavy (non-hydrogen) atoms. The van der Waals surface area contributed by atoms with E-state index in [9.17, 15) is 9.59 Å². The Labute approximate surface area is 305 Å². The number of carbonyl (C=O) groups is 2. The Kier molecular flexibility index (Phi) is 40.3. The lowest BCUT2D eigenvalue weighted by Crippen LogP contribution is -2.04. The summed E-state index contributed by atoms with van der Waals surface area (Å²) in [5.41, 5.74) is 10.1. The second-order valence-corrected chi connectivity index (χ2v) is 14.6. The van der Waals surface area contributed by atoms with Crippen molar-refractivity contribution in [1.29, 1.82) is 0 Å². The van der Waals surface area contributed by atoms with Crippen LogP contribution in [0.15, 0.2) is 48.6 Å². The van der Waals surface area contributed by atoms with Gasteiger partial charge in [0.2, 0.25) is 11.8 Å². The molecular weight excluding hydrogens is 601 g/mol. The molecule has 284 valence electrons. The minimum atomic E-state index is -0.383. The molecular formula is C45H82N2O2. The summed E-state index contributed by atoms with van der Waals surface area (Å²) in [6.07, 6.45) is 63.3. The minimum Gasteiger partial charge on any atom is -0.366 e. The zero-order chi connectivity index (χ0) is 35.6. The lowest BCUT2D eigenvalue weighted by molar-refractivity contribution is -0.114. The maximum atomic E-state index is 10.6. The molecule has 0 saturated carbocycles. The van der Waals surface area contributed by atoms with Crippen LogP contribution >= 0.6 is 0 Å². The predicted molar refractivity (Wildman–Crippen MR) is 217 cm³/mol. The van der Waals surface area contributed by atoms with Crippen LogP contribution in [0.3, 0.4) is 0 Å². The first-order chi connectivity index (χ1) is 24.1. The van der Waals surface area contributed by atoms with Crippen molar-refractivity contribution in [3.8, 4) is 0 Å². The number of hydrogen-bond acceptors (Lipinski definition) is 2. The van der Waals surface area contributed by atoms with Crippen LogP contribution in [0.1, 0.15) is 225 Å². The number of nitrogens with two attached hydrogens (primary N) is 2. The highest BCUT2D eigenvalue weighted by Gasteiger charge is 1.97. The van der Waals surface area contributed by atoms with Gasteiger partial charge in [0, 0.05) is 12.2 Å². The summed E-state index contributed by atoms with van der Waals surface area (Å²) in [6.45, 7) is 0. The van der Waals surface area contributed by atoms with E-state index in [1.807, 2.05) is 12.2 Å². The van der Waals surface area contributed by atoms with Gasteiger partial charge in [0.05, 0.1) is 0 Å². The summed E-state index contributed by atoms with van der Waals surface area (Å²) in [5, 5.41) is 0. The van der Waals surface area contributed by atoms with Crippen molar-refractivity contribution in [2.45, 2.75) is 225 Å². The summed E-state index contributed by atoms with van der Waals surface area (Å²) < 4.78 is 0. The fraction of sp³-hybridized carbons (Fsp3) is 0.778. The Morgan fingerprint density at radius 1 is 0.265 bits per heavy atom. The van der Waals surface area contributed by atoms with Crippen molar-refractivity contribution in [2.75, 3.05) is 0 Å².